The van der Waals surface area contributed by atoms with E-state index in [4.69, 9.17) is 18.9 Å². The number of fused-ring (bicyclic) bond motifs is 11. The lowest BCUT2D eigenvalue weighted by Gasteiger charge is -2.45. The fraction of sp³-hybridized carbons (Fsp3) is 0.263. The smallest absolute Gasteiger partial charge is 0.252 e. The lowest BCUT2D eigenvalue weighted by Crippen LogP contribution is -2.61. The van der Waals surface area contributed by atoms with Crippen molar-refractivity contribution >= 4 is 57.2 Å². The molecule has 0 N–H and O–H groups in total. The van der Waals surface area contributed by atoms with Crippen LogP contribution in [0.4, 0.5) is 34.1 Å². The third-order valence-electron chi connectivity index (χ3n) is 14.3. The van der Waals surface area contributed by atoms with Gasteiger partial charge in [0.25, 0.3) is 6.71 Å². The first-order valence-corrected chi connectivity index (χ1v) is 22.9. The van der Waals surface area contributed by atoms with Gasteiger partial charge in [-0.25, -0.2) is 0 Å². The maximum absolute atomic E-state index is 6.71. The molecule has 0 bridgehead atoms. The van der Waals surface area contributed by atoms with Crippen LogP contribution < -0.4 is 45.1 Å². The number of rotatable bonds is 3. The minimum Gasteiger partial charge on any atom is -0.486 e. The van der Waals surface area contributed by atoms with E-state index in [1.807, 2.05) is 0 Å². The van der Waals surface area contributed by atoms with Crippen molar-refractivity contribution < 1.29 is 18.9 Å². The number of hydrogen-bond donors (Lipinski definition) is 0. The molecule has 0 radical (unpaired) electrons. The molecule has 12 rings (SSSR count). The Kier molecular flexibility index (Phi) is 8.36. The molecule has 7 heteroatoms. The number of nitrogens with zero attached hydrogens (tertiary/aromatic N) is 2. The van der Waals surface area contributed by atoms with E-state index in [1.54, 1.807) is 0 Å². The van der Waals surface area contributed by atoms with Crippen molar-refractivity contribution in [1.82, 2.24) is 0 Å². The van der Waals surface area contributed by atoms with Gasteiger partial charge in [0.1, 0.15) is 26.4 Å². The first kappa shape index (κ1) is 39.0. The number of hydrogen-bond acceptors (Lipinski definition) is 6. The van der Waals surface area contributed by atoms with Gasteiger partial charge in [-0.1, -0.05) is 128 Å². The van der Waals surface area contributed by atoms with Crippen LogP contribution in [-0.4, -0.2) is 33.1 Å². The van der Waals surface area contributed by atoms with Crippen LogP contribution in [0.25, 0.3) is 22.3 Å². The van der Waals surface area contributed by atoms with Crippen LogP contribution in [0, 0.1) is 0 Å². The van der Waals surface area contributed by atoms with Crippen LogP contribution in [0.3, 0.4) is 0 Å². The van der Waals surface area contributed by atoms with Gasteiger partial charge in [0.05, 0.1) is 11.4 Å². The zero-order chi connectivity index (χ0) is 43.9. The fourth-order valence-electron chi connectivity index (χ4n) is 11.0. The largest absolute Gasteiger partial charge is 0.486 e. The lowest BCUT2D eigenvalue weighted by molar-refractivity contribution is 0.172. The second-order valence-corrected chi connectivity index (χ2v) is 20.6. The van der Waals surface area contributed by atoms with E-state index in [0.29, 0.717) is 26.4 Å². The van der Waals surface area contributed by atoms with Gasteiger partial charge in [-0.05, 0) is 126 Å². The van der Waals surface area contributed by atoms with Gasteiger partial charge >= 0.3 is 0 Å². The maximum atomic E-state index is 6.71. The predicted octanol–water partition coefficient (Wildman–Crippen LogP) is 11.9. The van der Waals surface area contributed by atoms with E-state index >= 15 is 0 Å². The van der Waals surface area contributed by atoms with Crippen LogP contribution in [0.5, 0.6) is 23.0 Å². The molecule has 4 aliphatic heterocycles. The maximum Gasteiger partial charge on any atom is 0.252 e. The summed E-state index contributed by atoms with van der Waals surface area (Å²) in [5, 5.41) is 0. The topological polar surface area (TPSA) is 43.4 Å². The average Bonchev–Trinajstić information content (AvgIpc) is 3.53. The first-order chi connectivity index (χ1) is 30.8. The molecular weight excluding hydrogens is 787 g/mol. The summed E-state index contributed by atoms with van der Waals surface area (Å²) in [5.41, 5.74) is 19.9. The molecule has 0 saturated carbocycles. The van der Waals surface area contributed by atoms with Gasteiger partial charge in [0.15, 0.2) is 23.0 Å². The highest BCUT2D eigenvalue weighted by atomic mass is 16.6. The van der Waals surface area contributed by atoms with E-state index in [0.717, 1.165) is 73.6 Å². The molecule has 6 nitrogen and oxygen atoms in total. The molecule has 7 aromatic carbocycles. The highest BCUT2D eigenvalue weighted by Crippen LogP contribution is 2.55. The number of anilines is 6. The summed E-state index contributed by atoms with van der Waals surface area (Å²) in [4.78, 5) is 4.90. The summed E-state index contributed by atoms with van der Waals surface area (Å²) in [5.74, 6) is 3.08. The highest BCUT2D eigenvalue weighted by Gasteiger charge is 2.47. The van der Waals surface area contributed by atoms with Crippen molar-refractivity contribution in [1.29, 1.82) is 0 Å². The van der Waals surface area contributed by atoms with Crippen molar-refractivity contribution in [2.75, 3.05) is 36.2 Å². The van der Waals surface area contributed by atoms with E-state index in [2.05, 4.69) is 193 Å². The Balaban J connectivity index is 1.18. The van der Waals surface area contributed by atoms with Crippen molar-refractivity contribution in [3.05, 3.63) is 150 Å². The molecule has 0 amide bonds. The summed E-state index contributed by atoms with van der Waals surface area (Å²) in [6, 6.07) is 47.8. The highest BCUT2D eigenvalue weighted by molar-refractivity contribution is 7.00. The minimum absolute atomic E-state index is 0.00267. The van der Waals surface area contributed by atoms with Gasteiger partial charge in [-0.15, -0.1) is 0 Å². The normalized spacial score (nSPS) is 16.1. The van der Waals surface area contributed by atoms with E-state index in [1.165, 1.54) is 44.4 Å². The second-order valence-electron chi connectivity index (χ2n) is 20.6. The SMILES string of the molecule is CC(C)(C)c1ccc(N2c3cc(-c4ccc5c(c4)C(C)(C)c4ccccc4-5)cc4c3B(c3ccc5c(c32)OCCO5)c2ccc3c(c2N4c2ccc(C(C)(C)C)cc2)OCCO3)cc1. The molecule has 0 atom stereocenters. The van der Waals surface area contributed by atoms with Gasteiger partial charge in [-0.3, -0.25) is 0 Å². The quantitative estimate of drug-likeness (QED) is 0.165. The fourth-order valence-corrected chi connectivity index (χ4v) is 11.0. The molecular formula is C57H53BN2O4. The van der Waals surface area contributed by atoms with Gasteiger partial charge < -0.3 is 28.7 Å². The van der Waals surface area contributed by atoms with Crippen molar-refractivity contribution in [2.24, 2.45) is 0 Å². The molecule has 318 valence electrons. The van der Waals surface area contributed by atoms with Crippen LogP contribution in [0.2, 0.25) is 0 Å². The molecule has 0 saturated heterocycles. The van der Waals surface area contributed by atoms with E-state index in [9.17, 15) is 0 Å². The zero-order valence-electron chi connectivity index (χ0n) is 38.1. The molecule has 0 spiro atoms. The summed E-state index contributed by atoms with van der Waals surface area (Å²) in [6.07, 6.45) is 0. The molecule has 0 unspecified atom stereocenters. The van der Waals surface area contributed by atoms with Crippen molar-refractivity contribution in [3.8, 4) is 45.3 Å². The van der Waals surface area contributed by atoms with Crippen molar-refractivity contribution in [3.63, 3.8) is 0 Å². The predicted molar refractivity (Wildman–Crippen MR) is 263 cm³/mol. The standard InChI is InChI=1S/C57H53BN2O4/c1-55(2,3)36-14-18-38(19-15-36)59-46-32-35(34-13-22-41-40-11-9-10-12-42(40)57(7,8)43(41)31-34)33-47-50(46)58(44-23-25-48-53(51(44)59)63-29-27-61-48)45-24-26-49-54(64-30-28-62-49)52(45)60(47)39-20-16-37(17-21-39)56(4,5)6/h9-26,31-33H,27-30H2,1-8H3. The third-order valence-corrected chi connectivity index (χ3v) is 14.3. The minimum atomic E-state index is -0.153. The summed E-state index contributed by atoms with van der Waals surface area (Å²) < 4.78 is 26.2. The molecule has 64 heavy (non-hydrogen) atoms. The Morgan fingerprint density at radius 1 is 0.484 bits per heavy atom. The van der Waals surface area contributed by atoms with Crippen molar-refractivity contribution in [2.45, 2.75) is 71.6 Å². The Hall–Kier alpha value is -6.60. The van der Waals surface area contributed by atoms with Gasteiger partial charge in [-0.2, -0.15) is 0 Å². The Bertz CT molecular complexity index is 2920. The zero-order valence-corrected chi connectivity index (χ0v) is 38.1. The third kappa shape index (κ3) is 5.71. The van der Waals surface area contributed by atoms with Crippen LogP contribution in [0.15, 0.2) is 127 Å². The Labute approximate surface area is 377 Å². The van der Waals surface area contributed by atoms with Gasteiger partial charge in [0.2, 0.25) is 0 Å². The molecule has 0 aromatic heterocycles. The lowest BCUT2D eigenvalue weighted by atomic mass is 9.33. The Morgan fingerprint density at radius 2 is 0.969 bits per heavy atom. The van der Waals surface area contributed by atoms with E-state index in [-0.39, 0.29) is 23.0 Å². The van der Waals surface area contributed by atoms with Crippen LogP contribution in [-0.2, 0) is 16.2 Å². The summed E-state index contributed by atoms with van der Waals surface area (Å²) in [7, 11) is 0. The average molecular weight is 841 g/mol. The number of benzene rings is 7. The Morgan fingerprint density at radius 3 is 1.48 bits per heavy atom. The first-order valence-electron chi connectivity index (χ1n) is 22.9. The second kappa shape index (κ2) is 13.7. The molecule has 7 aromatic rings. The number of ether oxygens (including phenoxy) is 4. The molecule has 1 aliphatic carbocycles. The monoisotopic (exact) mass is 840 g/mol. The van der Waals surface area contributed by atoms with Gasteiger partial charge in [0, 0.05) is 28.2 Å². The summed E-state index contributed by atoms with van der Waals surface area (Å²) >= 11 is 0. The van der Waals surface area contributed by atoms with Crippen LogP contribution >= 0.6 is 0 Å². The van der Waals surface area contributed by atoms with E-state index < -0.39 is 0 Å². The molecule has 4 heterocycles. The summed E-state index contributed by atoms with van der Waals surface area (Å²) in [6.45, 7) is 20.2. The molecule has 5 aliphatic rings. The van der Waals surface area contributed by atoms with Crippen LogP contribution in [0.1, 0.15) is 77.6 Å². The molecule has 0 fully saturated rings.